The Kier molecular flexibility index (Phi) is 9.45. The summed E-state index contributed by atoms with van der Waals surface area (Å²) < 4.78 is 2.52. The maximum atomic E-state index is 12.2. The third-order valence-corrected chi connectivity index (χ3v) is 5.44. The van der Waals surface area contributed by atoms with Crippen molar-refractivity contribution in [1.29, 1.82) is 0 Å². The van der Waals surface area contributed by atoms with Crippen molar-refractivity contribution in [2.24, 2.45) is 0 Å². The number of carbonyl (C=O) groups is 2. The van der Waals surface area contributed by atoms with Gasteiger partial charge < -0.3 is 10.4 Å². The number of aromatic nitrogens is 2. The summed E-state index contributed by atoms with van der Waals surface area (Å²) in [5.41, 5.74) is 1.18. The second-order valence-corrected chi connectivity index (χ2v) is 7.95. The van der Waals surface area contributed by atoms with Crippen molar-refractivity contribution in [1.82, 2.24) is 9.78 Å². The SMILES string of the molecule is O=C(CSc1ccc(Br)cc1)Nc1cn(CCc2ccccc2)nc1C(=O)O.[NaH]. The number of carboxylic acid groups (broad SMARTS) is 1. The van der Waals surface area contributed by atoms with Crippen molar-refractivity contribution in [2.75, 3.05) is 11.1 Å². The van der Waals surface area contributed by atoms with Crippen LogP contribution in [-0.4, -0.2) is 62.1 Å². The third kappa shape index (κ3) is 7.31. The molecule has 0 unspecified atom stereocenters. The molecule has 2 aromatic carbocycles. The second kappa shape index (κ2) is 11.6. The first-order valence-electron chi connectivity index (χ1n) is 8.54. The number of aromatic carboxylic acids is 1. The number of nitrogens with zero attached hydrogens (tertiary/aromatic N) is 2. The first-order chi connectivity index (χ1) is 13.5. The van der Waals surface area contributed by atoms with Gasteiger partial charge in [-0.05, 0) is 36.2 Å². The van der Waals surface area contributed by atoms with Crippen LogP contribution < -0.4 is 5.32 Å². The second-order valence-electron chi connectivity index (χ2n) is 5.99. The van der Waals surface area contributed by atoms with E-state index in [4.69, 9.17) is 0 Å². The molecule has 146 valence electrons. The summed E-state index contributed by atoms with van der Waals surface area (Å²) in [6.07, 6.45) is 2.28. The van der Waals surface area contributed by atoms with Gasteiger partial charge in [-0.2, -0.15) is 5.10 Å². The molecular weight excluding hydrogens is 465 g/mol. The first kappa shape index (κ1) is 23.7. The van der Waals surface area contributed by atoms with Gasteiger partial charge in [0.15, 0.2) is 5.69 Å². The van der Waals surface area contributed by atoms with Crippen LogP contribution in [0, 0.1) is 0 Å². The molecule has 1 amide bonds. The van der Waals surface area contributed by atoms with Crippen LogP contribution in [0.4, 0.5) is 5.69 Å². The molecule has 0 aliphatic rings. The van der Waals surface area contributed by atoms with Crippen LogP contribution >= 0.6 is 27.7 Å². The number of benzene rings is 2. The zero-order chi connectivity index (χ0) is 19.9. The molecule has 1 aromatic heterocycles. The van der Waals surface area contributed by atoms with Gasteiger partial charge in [-0.15, -0.1) is 11.8 Å². The van der Waals surface area contributed by atoms with Gasteiger partial charge in [0.2, 0.25) is 5.91 Å². The topological polar surface area (TPSA) is 84.2 Å². The summed E-state index contributed by atoms with van der Waals surface area (Å²) in [6.45, 7) is 0.522. The Bertz CT molecular complexity index is 965. The van der Waals surface area contributed by atoms with E-state index < -0.39 is 5.97 Å². The number of carbonyl (C=O) groups excluding carboxylic acids is 1. The average molecular weight is 484 g/mol. The molecule has 1 heterocycles. The molecule has 0 radical (unpaired) electrons. The molecular formula is C20H19BrN3NaO3S. The van der Waals surface area contributed by atoms with E-state index >= 15 is 0 Å². The summed E-state index contributed by atoms with van der Waals surface area (Å²) in [5.74, 6) is -1.28. The van der Waals surface area contributed by atoms with Gasteiger partial charge in [0.25, 0.3) is 0 Å². The molecule has 0 spiro atoms. The quantitative estimate of drug-likeness (QED) is 0.377. The fourth-order valence-corrected chi connectivity index (χ4v) is 3.50. The number of hydrogen-bond donors (Lipinski definition) is 2. The van der Waals surface area contributed by atoms with Gasteiger partial charge in [-0.1, -0.05) is 46.3 Å². The molecule has 0 fully saturated rings. The van der Waals surface area contributed by atoms with Crippen LogP contribution in [0.2, 0.25) is 0 Å². The standard InChI is InChI=1S/C20H18BrN3O3S.Na.H/c21-15-6-8-16(9-7-15)28-13-18(25)22-17-12-24(23-19(17)20(26)27)11-10-14-4-2-1-3-5-14;;/h1-9,12H,10-11,13H2,(H,22,25)(H,26,27);;. The molecule has 0 bridgehead atoms. The Morgan fingerprint density at radius 1 is 1.10 bits per heavy atom. The van der Waals surface area contributed by atoms with E-state index in [1.165, 1.54) is 11.8 Å². The van der Waals surface area contributed by atoms with Gasteiger partial charge >= 0.3 is 35.5 Å². The van der Waals surface area contributed by atoms with Crippen molar-refractivity contribution in [3.05, 3.63) is 76.5 Å². The number of thioether (sulfide) groups is 1. The number of aryl methyl sites for hydroxylation is 2. The zero-order valence-electron chi connectivity index (χ0n) is 14.8. The van der Waals surface area contributed by atoms with Crippen molar-refractivity contribution in [3.63, 3.8) is 0 Å². The Labute approximate surface area is 203 Å². The zero-order valence-corrected chi connectivity index (χ0v) is 17.2. The number of anilines is 1. The normalized spacial score (nSPS) is 10.2. The van der Waals surface area contributed by atoms with Gasteiger partial charge in [0.05, 0.1) is 11.4 Å². The molecule has 0 saturated carbocycles. The first-order valence-corrected chi connectivity index (χ1v) is 10.3. The fourth-order valence-electron chi connectivity index (χ4n) is 2.54. The van der Waals surface area contributed by atoms with Crippen LogP contribution in [0.15, 0.2) is 70.2 Å². The fraction of sp³-hybridized carbons (Fsp3) is 0.150. The number of rotatable bonds is 8. The molecule has 0 atom stereocenters. The minimum absolute atomic E-state index is 0. The number of amides is 1. The summed E-state index contributed by atoms with van der Waals surface area (Å²) in [6, 6.07) is 17.5. The predicted octanol–water partition coefficient (Wildman–Crippen LogP) is 3.67. The Hall–Kier alpha value is -1.58. The monoisotopic (exact) mass is 483 g/mol. The van der Waals surface area contributed by atoms with Crippen molar-refractivity contribution in [2.45, 2.75) is 17.9 Å². The summed E-state index contributed by atoms with van der Waals surface area (Å²) in [5, 5.41) is 16.1. The third-order valence-electron chi connectivity index (χ3n) is 3.89. The van der Waals surface area contributed by atoms with Crippen LogP contribution in [-0.2, 0) is 17.8 Å². The number of hydrogen-bond acceptors (Lipinski definition) is 4. The van der Waals surface area contributed by atoms with Gasteiger partial charge in [-0.3, -0.25) is 9.48 Å². The summed E-state index contributed by atoms with van der Waals surface area (Å²) in [4.78, 5) is 24.7. The van der Waals surface area contributed by atoms with Gasteiger partial charge in [0, 0.05) is 22.1 Å². The number of halogens is 1. The van der Waals surface area contributed by atoms with E-state index in [2.05, 4.69) is 26.3 Å². The molecule has 0 aliphatic carbocycles. The molecule has 2 N–H and O–H groups in total. The van der Waals surface area contributed by atoms with Gasteiger partial charge in [0.1, 0.15) is 0 Å². The molecule has 29 heavy (non-hydrogen) atoms. The van der Waals surface area contributed by atoms with E-state index in [1.807, 2.05) is 54.6 Å². The number of nitrogens with one attached hydrogen (secondary N) is 1. The van der Waals surface area contributed by atoms with E-state index in [0.29, 0.717) is 13.0 Å². The molecule has 0 aliphatic heterocycles. The molecule has 3 rings (SSSR count). The summed E-state index contributed by atoms with van der Waals surface area (Å²) >= 11 is 4.75. The molecule has 0 saturated heterocycles. The van der Waals surface area contributed by atoms with E-state index in [9.17, 15) is 14.7 Å². The van der Waals surface area contributed by atoms with Crippen LogP contribution in [0.5, 0.6) is 0 Å². The van der Waals surface area contributed by atoms with Crippen LogP contribution in [0.25, 0.3) is 0 Å². The van der Waals surface area contributed by atoms with Crippen molar-refractivity contribution < 1.29 is 14.7 Å². The maximum absolute atomic E-state index is 12.2. The Morgan fingerprint density at radius 3 is 2.45 bits per heavy atom. The Balaban J connectivity index is 0.00000300. The Morgan fingerprint density at radius 2 is 1.79 bits per heavy atom. The van der Waals surface area contributed by atoms with E-state index in [-0.39, 0.29) is 52.6 Å². The molecule has 6 nitrogen and oxygen atoms in total. The average Bonchev–Trinajstić information content (AvgIpc) is 3.10. The van der Waals surface area contributed by atoms with E-state index in [0.717, 1.165) is 14.9 Å². The van der Waals surface area contributed by atoms with Gasteiger partial charge in [-0.25, -0.2) is 4.79 Å². The van der Waals surface area contributed by atoms with E-state index in [1.54, 1.807) is 10.9 Å². The van der Waals surface area contributed by atoms with Crippen LogP contribution in [0.3, 0.4) is 0 Å². The van der Waals surface area contributed by atoms with Crippen molar-refractivity contribution >= 4 is 74.8 Å². The summed E-state index contributed by atoms with van der Waals surface area (Å²) in [7, 11) is 0. The van der Waals surface area contributed by atoms with Crippen molar-refractivity contribution in [3.8, 4) is 0 Å². The number of carboxylic acids is 1. The molecule has 3 aromatic rings. The predicted molar refractivity (Wildman–Crippen MR) is 120 cm³/mol. The van der Waals surface area contributed by atoms with Crippen LogP contribution in [0.1, 0.15) is 16.1 Å². The molecule has 9 heteroatoms. The minimum atomic E-state index is -1.17.